The van der Waals surface area contributed by atoms with Crippen molar-refractivity contribution in [3.05, 3.63) is 69.2 Å². The number of aromatic nitrogens is 1. The van der Waals surface area contributed by atoms with Gasteiger partial charge in [0, 0.05) is 16.5 Å². The lowest BCUT2D eigenvalue weighted by atomic mass is 10.2. The van der Waals surface area contributed by atoms with Crippen molar-refractivity contribution in [2.24, 2.45) is 0 Å². The van der Waals surface area contributed by atoms with Gasteiger partial charge < -0.3 is 9.73 Å². The lowest BCUT2D eigenvalue weighted by Gasteiger charge is -2.00. The highest BCUT2D eigenvalue weighted by Crippen LogP contribution is 2.23. The van der Waals surface area contributed by atoms with Gasteiger partial charge in [-0.2, -0.15) is 0 Å². The van der Waals surface area contributed by atoms with Crippen LogP contribution in [0.3, 0.4) is 0 Å². The van der Waals surface area contributed by atoms with Gasteiger partial charge in [0.1, 0.15) is 11.5 Å². The maximum absolute atomic E-state index is 11.9. The standard InChI is InChI=1S/C18H15ClN2O2S/c1-12-21-16(11-24-12)17-8-7-14(23-17)10-20-18(22)9-6-13-4-2-3-5-15(13)19/h2-9,11H,10H2,1H3,(H,20,22)/b9-6-. The SMILES string of the molecule is Cc1nc(-c2ccc(CNC(=O)/C=C\c3ccccc3Cl)o2)cs1. The molecule has 1 amide bonds. The van der Waals surface area contributed by atoms with Crippen LogP contribution in [-0.4, -0.2) is 10.9 Å². The van der Waals surface area contributed by atoms with Crippen LogP contribution in [0.2, 0.25) is 5.02 Å². The summed E-state index contributed by atoms with van der Waals surface area (Å²) in [6, 6.07) is 11.0. The lowest BCUT2D eigenvalue weighted by Crippen LogP contribution is -2.19. The molecular weight excluding hydrogens is 344 g/mol. The Balaban J connectivity index is 1.57. The summed E-state index contributed by atoms with van der Waals surface area (Å²) in [5.41, 5.74) is 1.61. The zero-order valence-corrected chi connectivity index (χ0v) is 14.5. The van der Waals surface area contributed by atoms with Gasteiger partial charge in [-0.3, -0.25) is 4.79 Å². The Hall–Kier alpha value is -2.37. The second-order valence-corrected chi connectivity index (χ2v) is 6.56. The number of furan rings is 1. The summed E-state index contributed by atoms with van der Waals surface area (Å²) in [4.78, 5) is 16.3. The zero-order chi connectivity index (χ0) is 16.9. The van der Waals surface area contributed by atoms with Gasteiger partial charge in [0.2, 0.25) is 5.91 Å². The van der Waals surface area contributed by atoms with Crippen molar-refractivity contribution in [1.29, 1.82) is 0 Å². The maximum atomic E-state index is 11.9. The van der Waals surface area contributed by atoms with E-state index >= 15 is 0 Å². The van der Waals surface area contributed by atoms with Gasteiger partial charge in [0.15, 0.2) is 5.76 Å². The van der Waals surface area contributed by atoms with Crippen LogP contribution in [0.25, 0.3) is 17.5 Å². The molecule has 0 radical (unpaired) electrons. The van der Waals surface area contributed by atoms with E-state index in [-0.39, 0.29) is 5.91 Å². The number of nitrogens with one attached hydrogen (secondary N) is 1. The van der Waals surface area contributed by atoms with Crippen LogP contribution in [0.5, 0.6) is 0 Å². The van der Waals surface area contributed by atoms with Crippen molar-refractivity contribution in [3.8, 4) is 11.5 Å². The fourth-order valence-corrected chi connectivity index (χ4v) is 2.90. The number of benzene rings is 1. The Morgan fingerprint density at radius 1 is 1.33 bits per heavy atom. The molecule has 6 heteroatoms. The minimum atomic E-state index is -0.211. The Bertz CT molecular complexity index is 883. The minimum absolute atomic E-state index is 0.211. The van der Waals surface area contributed by atoms with Crippen molar-refractivity contribution in [2.45, 2.75) is 13.5 Å². The fourth-order valence-electron chi connectivity index (χ4n) is 2.10. The van der Waals surface area contributed by atoms with Crippen molar-refractivity contribution in [3.63, 3.8) is 0 Å². The van der Waals surface area contributed by atoms with Gasteiger partial charge in [0.05, 0.1) is 11.6 Å². The number of thiazole rings is 1. The van der Waals surface area contributed by atoms with Gasteiger partial charge in [-0.15, -0.1) is 11.3 Å². The molecule has 122 valence electrons. The van der Waals surface area contributed by atoms with Gasteiger partial charge in [0.25, 0.3) is 0 Å². The van der Waals surface area contributed by atoms with E-state index < -0.39 is 0 Å². The summed E-state index contributed by atoms with van der Waals surface area (Å²) in [5, 5.41) is 6.32. The van der Waals surface area contributed by atoms with E-state index in [4.69, 9.17) is 16.0 Å². The quantitative estimate of drug-likeness (QED) is 0.673. The van der Waals surface area contributed by atoms with Gasteiger partial charge in [-0.05, 0) is 36.8 Å². The zero-order valence-electron chi connectivity index (χ0n) is 13.0. The van der Waals surface area contributed by atoms with Gasteiger partial charge >= 0.3 is 0 Å². The first-order valence-electron chi connectivity index (χ1n) is 7.33. The first kappa shape index (κ1) is 16.5. The van der Waals surface area contributed by atoms with E-state index in [0.29, 0.717) is 23.1 Å². The van der Waals surface area contributed by atoms with E-state index in [1.54, 1.807) is 23.5 Å². The average Bonchev–Trinajstić information content (AvgIpc) is 3.21. The second kappa shape index (κ2) is 7.47. The Morgan fingerprint density at radius 3 is 2.92 bits per heavy atom. The molecule has 0 spiro atoms. The highest BCUT2D eigenvalue weighted by Gasteiger charge is 2.08. The predicted molar refractivity (Wildman–Crippen MR) is 96.9 cm³/mol. The average molecular weight is 359 g/mol. The monoisotopic (exact) mass is 358 g/mol. The minimum Gasteiger partial charge on any atom is -0.458 e. The molecular formula is C18H15ClN2O2S. The molecule has 0 saturated heterocycles. The normalized spacial score (nSPS) is 11.1. The van der Waals surface area contributed by atoms with E-state index in [2.05, 4.69) is 10.3 Å². The number of rotatable bonds is 5. The molecule has 3 rings (SSSR count). The molecule has 0 unspecified atom stereocenters. The third-order valence-electron chi connectivity index (χ3n) is 3.29. The van der Waals surface area contributed by atoms with Crippen molar-refractivity contribution in [1.82, 2.24) is 10.3 Å². The van der Waals surface area contributed by atoms with Crippen LogP contribution >= 0.6 is 22.9 Å². The molecule has 0 aliphatic heterocycles. The molecule has 0 saturated carbocycles. The van der Waals surface area contributed by atoms with Crippen molar-refractivity contribution >= 4 is 34.9 Å². The van der Waals surface area contributed by atoms with Crippen molar-refractivity contribution < 1.29 is 9.21 Å². The van der Waals surface area contributed by atoms with Crippen LogP contribution in [0.4, 0.5) is 0 Å². The molecule has 1 aromatic carbocycles. The molecule has 0 aliphatic rings. The molecule has 0 atom stereocenters. The van der Waals surface area contributed by atoms with Crippen LogP contribution in [0, 0.1) is 6.92 Å². The van der Waals surface area contributed by atoms with E-state index in [9.17, 15) is 4.79 Å². The predicted octanol–water partition coefficient (Wildman–Crippen LogP) is 4.69. The van der Waals surface area contributed by atoms with Crippen molar-refractivity contribution in [2.75, 3.05) is 0 Å². The topological polar surface area (TPSA) is 55.1 Å². The number of hydrogen-bond acceptors (Lipinski definition) is 4. The number of amides is 1. The number of carbonyl (C=O) groups excluding carboxylic acids is 1. The third-order valence-corrected chi connectivity index (χ3v) is 4.41. The molecule has 0 bridgehead atoms. The maximum Gasteiger partial charge on any atom is 0.244 e. The number of hydrogen-bond donors (Lipinski definition) is 1. The second-order valence-electron chi connectivity index (χ2n) is 5.09. The number of aryl methyl sites for hydroxylation is 1. The highest BCUT2D eigenvalue weighted by molar-refractivity contribution is 7.09. The summed E-state index contributed by atoms with van der Waals surface area (Å²) < 4.78 is 5.70. The summed E-state index contributed by atoms with van der Waals surface area (Å²) >= 11 is 7.61. The Morgan fingerprint density at radius 2 is 2.17 bits per heavy atom. The number of halogens is 1. The van der Waals surface area contributed by atoms with Crippen LogP contribution in [0.1, 0.15) is 16.3 Å². The van der Waals surface area contributed by atoms with Crippen LogP contribution < -0.4 is 5.32 Å². The largest absolute Gasteiger partial charge is 0.458 e. The third kappa shape index (κ3) is 4.13. The molecule has 4 nitrogen and oxygen atoms in total. The van der Waals surface area contributed by atoms with Crippen LogP contribution in [-0.2, 0) is 11.3 Å². The molecule has 2 heterocycles. The highest BCUT2D eigenvalue weighted by atomic mass is 35.5. The first-order valence-corrected chi connectivity index (χ1v) is 8.59. The molecule has 2 aromatic heterocycles. The Kier molecular flexibility index (Phi) is 5.13. The fraction of sp³-hybridized carbons (Fsp3) is 0.111. The molecule has 1 N–H and O–H groups in total. The molecule has 0 aliphatic carbocycles. The van der Waals surface area contributed by atoms with E-state index in [1.807, 2.05) is 42.6 Å². The van der Waals surface area contributed by atoms with E-state index in [1.165, 1.54) is 6.08 Å². The summed E-state index contributed by atoms with van der Waals surface area (Å²) in [6.45, 7) is 2.26. The lowest BCUT2D eigenvalue weighted by molar-refractivity contribution is -0.116. The first-order chi connectivity index (χ1) is 11.6. The Labute approximate surface area is 148 Å². The molecule has 3 aromatic rings. The molecule has 0 fully saturated rings. The molecule has 24 heavy (non-hydrogen) atoms. The summed E-state index contributed by atoms with van der Waals surface area (Å²) in [7, 11) is 0. The van der Waals surface area contributed by atoms with Gasteiger partial charge in [-0.25, -0.2) is 4.98 Å². The number of nitrogens with zero attached hydrogens (tertiary/aromatic N) is 1. The smallest absolute Gasteiger partial charge is 0.244 e. The van der Waals surface area contributed by atoms with Gasteiger partial charge in [-0.1, -0.05) is 29.8 Å². The van der Waals surface area contributed by atoms with Crippen LogP contribution in [0.15, 0.2) is 52.3 Å². The van der Waals surface area contributed by atoms with E-state index in [0.717, 1.165) is 16.3 Å². The summed E-state index contributed by atoms with van der Waals surface area (Å²) in [6.07, 6.45) is 3.14. The number of carbonyl (C=O) groups is 1. The summed E-state index contributed by atoms with van der Waals surface area (Å²) in [5.74, 6) is 1.17.